The van der Waals surface area contributed by atoms with Gasteiger partial charge in [0.2, 0.25) is 0 Å². The van der Waals surface area contributed by atoms with Gasteiger partial charge in [-0.05, 0) is 54.8 Å². The molecule has 7 heteroatoms. The fourth-order valence-corrected chi connectivity index (χ4v) is 4.76. The van der Waals surface area contributed by atoms with Gasteiger partial charge in [0.1, 0.15) is 21.5 Å². The van der Waals surface area contributed by atoms with Crippen LogP contribution in [-0.4, -0.2) is 47.7 Å². The van der Waals surface area contributed by atoms with Crippen LogP contribution in [0, 0.1) is 11.2 Å². The molecule has 3 aromatic rings. The number of thiazole rings is 1. The van der Waals surface area contributed by atoms with Crippen LogP contribution in [0.15, 0.2) is 54.7 Å². The highest BCUT2D eigenvalue weighted by Crippen LogP contribution is 2.36. The number of ether oxygens (including phenoxy) is 1. The van der Waals surface area contributed by atoms with Crippen LogP contribution in [0.4, 0.5) is 4.39 Å². The first-order chi connectivity index (χ1) is 14.5. The summed E-state index contributed by atoms with van der Waals surface area (Å²) in [5.41, 5.74) is 1.48. The van der Waals surface area contributed by atoms with Crippen molar-refractivity contribution in [2.75, 3.05) is 26.8 Å². The molecule has 2 aromatic carbocycles. The molecule has 1 fully saturated rings. The molecule has 0 bridgehead atoms. The van der Waals surface area contributed by atoms with E-state index >= 15 is 0 Å². The van der Waals surface area contributed by atoms with Crippen LogP contribution < -0.4 is 4.74 Å². The Bertz CT molecular complexity index is 1020. The SMILES string of the molecule is COc1ccc(-c2ncc(C(=O)N3CCC(CO)(Cc4ccc(F)cc4)C3)s2)cc1. The summed E-state index contributed by atoms with van der Waals surface area (Å²) in [6, 6.07) is 13.9. The first-order valence-corrected chi connectivity index (χ1v) is 10.6. The molecule has 1 saturated heterocycles. The van der Waals surface area contributed by atoms with E-state index in [9.17, 15) is 14.3 Å². The number of benzene rings is 2. The predicted octanol–water partition coefficient (Wildman–Crippen LogP) is 4.03. The Morgan fingerprint density at radius 1 is 1.23 bits per heavy atom. The molecular weight excluding hydrogens is 403 g/mol. The quantitative estimate of drug-likeness (QED) is 0.647. The van der Waals surface area contributed by atoms with Crippen LogP contribution in [0.2, 0.25) is 0 Å². The summed E-state index contributed by atoms with van der Waals surface area (Å²) in [5.74, 6) is 0.421. The van der Waals surface area contributed by atoms with Crippen molar-refractivity contribution in [1.29, 1.82) is 0 Å². The van der Waals surface area contributed by atoms with Crippen molar-refractivity contribution in [3.63, 3.8) is 0 Å². The molecule has 1 unspecified atom stereocenters. The summed E-state index contributed by atoms with van der Waals surface area (Å²) in [5, 5.41) is 10.8. The van der Waals surface area contributed by atoms with Gasteiger partial charge in [-0.3, -0.25) is 4.79 Å². The zero-order valence-electron chi connectivity index (χ0n) is 16.7. The van der Waals surface area contributed by atoms with E-state index in [-0.39, 0.29) is 18.3 Å². The number of hydrogen-bond donors (Lipinski definition) is 1. The van der Waals surface area contributed by atoms with Gasteiger partial charge in [0, 0.05) is 24.1 Å². The molecule has 5 nitrogen and oxygen atoms in total. The first kappa shape index (κ1) is 20.5. The number of carbonyl (C=O) groups excluding carboxylic acids is 1. The van der Waals surface area contributed by atoms with Gasteiger partial charge in [0.15, 0.2) is 0 Å². The van der Waals surface area contributed by atoms with Gasteiger partial charge < -0.3 is 14.7 Å². The van der Waals surface area contributed by atoms with Gasteiger partial charge in [0.05, 0.1) is 19.9 Å². The number of aliphatic hydroxyl groups is 1. The lowest BCUT2D eigenvalue weighted by molar-refractivity contribution is 0.0744. The molecule has 156 valence electrons. The smallest absolute Gasteiger partial charge is 0.265 e. The van der Waals surface area contributed by atoms with Gasteiger partial charge in [-0.25, -0.2) is 9.37 Å². The molecule has 0 aliphatic carbocycles. The lowest BCUT2D eigenvalue weighted by atomic mass is 9.81. The minimum atomic E-state index is -0.406. The van der Waals surface area contributed by atoms with Crippen LogP contribution in [0.1, 0.15) is 21.7 Å². The van der Waals surface area contributed by atoms with E-state index < -0.39 is 5.41 Å². The normalized spacial score (nSPS) is 18.6. The molecule has 0 saturated carbocycles. The number of carbonyl (C=O) groups is 1. The summed E-state index contributed by atoms with van der Waals surface area (Å²) in [6.07, 6.45) is 2.93. The predicted molar refractivity (Wildman–Crippen MR) is 114 cm³/mol. The lowest BCUT2D eigenvalue weighted by Crippen LogP contribution is -2.35. The third kappa shape index (κ3) is 4.22. The summed E-state index contributed by atoms with van der Waals surface area (Å²) in [6.45, 7) is 1.03. The van der Waals surface area contributed by atoms with Crippen molar-refractivity contribution in [1.82, 2.24) is 9.88 Å². The van der Waals surface area contributed by atoms with Gasteiger partial charge in [-0.2, -0.15) is 0 Å². The Kier molecular flexibility index (Phi) is 5.83. The second kappa shape index (κ2) is 8.53. The van der Waals surface area contributed by atoms with E-state index in [2.05, 4.69) is 4.98 Å². The molecule has 1 aromatic heterocycles. The molecule has 0 spiro atoms. The Morgan fingerprint density at radius 3 is 2.63 bits per heavy atom. The first-order valence-electron chi connectivity index (χ1n) is 9.77. The van der Waals surface area contributed by atoms with Crippen LogP contribution >= 0.6 is 11.3 Å². The van der Waals surface area contributed by atoms with E-state index in [0.717, 1.165) is 21.9 Å². The summed E-state index contributed by atoms with van der Waals surface area (Å²) in [7, 11) is 1.62. The van der Waals surface area contributed by atoms with Crippen LogP contribution in [0.3, 0.4) is 0 Å². The minimum Gasteiger partial charge on any atom is -0.497 e. The van der Waals surface area contributed by atoms with Gasteiger partial charge in [-0.15, -0.1) is 11.3 Å². The van der Waals surface area contributed by atoms with Gasteiger partial charge in [-0.1, -0.05) is 12.1 Å². The Labute approximate surface area is 178 Å². The highest BCUT2D eigenvalue weighted by molar-refractivity contribution is 7.16. The molecule has 1 aliphatic heterocycles. The Hall–Kier alpha value is -2.77. The van der Waals surface area contributed by atoms with E-state index in [4.69, 9.17) is 4.74 Å². The number of aromatic nitrogens is 1. The topological polar surface area (TPSA) is 62.7 Å². The second-order valence-corrected chi connectivity index (χ2v) is 8.73. The maximum Gasteiger partial charge on any atom is 0.265 e. The van der Waals surface area contributed by atoms with Crippen molar-refractivity contribution >= 4 is 17.2 Å². The molecule has 1 aliphatic rings. The number of likely N-dealkylation sites (tertiary alicyclic amines) is 1. The fraction of sp³-hybridized carbons (Fsp3) is 0.304. The second-order valence-electron chi connectivity index (χ2n) is 7.70. The zero-order valence-corrected chi connectivity index (χ0v) is 17.5. The molecule has 30 heavy (non-hydrogen) atoms. The van der Waals surface area contributed by atoms with Crippen molar-refractivity contribution < 1.29 is 19.0 Å². The number of hydrogen-bond acceptors (Lipinski definition) is 5. The summed E-state index contributed by atoms with van der Waals surface area (Å²) in [4.78, 5) is 19.8. The number of methoxy groups -OCH3 is 1. The summed E-state index contributed by atoms with van der Waals surface area (Å²) < 4.78 is 18.4. The fourth-order valence-electron chi connectivity index (χ4n) is 3.87. The summed E-state index contributed by atoms with van der Waals surface area (Å²) >= 11 is 1.36. The Morgan fingerprint density at radius 2 is 1.97 bits per heavy atom. The third-order valence-corrected chi connectivity index (χ3v) is 6.64. The average molecular weight is 427 g/mol. The molecular formula is C23H23FN2O3S. The van der Waals surface area contributed by atoms with Crippen molar-refractivity contribution in [2.45, 2.75) is 12.8 Å². The molecule has 2 heterocycles. The van der Waals surface area contributed by atoms with E-state index in [0.29, 0.717) is 30.8 Å². The number of nitrogens with zero attached hydrogens (tertiary/aromatic N) is 2. The lowest BCUT2D eigenvalue weighted by Gasteiger charge is -2.27. The molecule has 0 radical (unpaired) electrons. The number of halogens is 1. The van der Waals surface area contributed by atoms with E-state index in [1.807, 2.05) is 24.3 Å². The highest BCUT2D eigenvalue weighted by Gasteiger charge is 2.40. The maximum atomic E-state index is 13.2. The monoisotopic (exact) mass is 426 g/mol. The highest BCUT2D eigenvalue weighted by atomic mass is 32.1. The van der Waals surface area contributed by atoms with Crippen LogP contribution in [-0.2, 0) is 6.42 Å². The van der Waals surface area contributed by atoms with Gasteiger partial charge in [0.25, 0.3) is 5.91 Å². The number of amides is 1. The van der Waals surface area contributed by atoms with Crippen LogP contribution in [0.25, 0.3) is 10.6 Å². The van der Waals surface area contributed by atoms with Crippen LogP contribution in [0.5, 0.6) is 5.75 Å². The average Bonchev–Trinajstić information content (AvgIpc) is 3.43. The third-order valence-electron chi connectivity index (χ3n) is 5.61. The van der Waals surface area contributed by atoms with Gasteiger partial charge >= 0.3 is 0 Å². The van der Waals surface area contributed by atoms with Crippen molar-refractivity contribution in [3.05, 3.63) is 71.0 Å². The number of rotatable bonds is 6. The van der Waals surface area contributed by atoms with Crippen molar-refractivity contribution in [3.8, 4) is 16.3 Å². The molecule has 4 rings (SSSR count). The molecule has 1 amide bonds. The minimum absolute atomic E-state index is 0.0199. The van der Waals surface area contributed by atoms with E-state index in [1.54, 1.807) is 30.3 Å². The van der Waals surface area contributed by atoms with E-state index in [1.165, 1.54) is 23.5 Å². The number of aliphatic hydroxyl groups excluding tert-OH is 1. The molecule has 1 N–H and O–H groups in total. The molecule has 1 atom stereocenters. The maximum absolute atomic E-state index is 13.2. The Balaban J connectivity index is 1.46. The zero-order chi connectivity index (χ0) is 21.1. The largest absolute Gasteiger partial charge is 0.497 e. The standard InChI is InChI=1S/C23H23FN2O3S/c1-29-19-8-4-17(5-9-19)21-25-13-20(30-21)22(28)26-11-10-23(14-26,15-27)12-16-2-6-18(24)7-3-16/h2-9,13,27H,10-12,14-15H2,1H3. The van der Waals surface area contributed by atoms with Crippen molar-refractivity contribution in [2.24, 2.45) is 5.41 Å².